The molecule has 0 aromatic heterocycles. The number of hydrogen-bond donors (Lipinski definition) is 1. The molecule has 1 aromatic carbocycles. The lowest BCUT2D eigenvalue weighted by atomic mass is 9.98. The molecular weight excluding hydrogens is 324 g/mol. The maximum Gasteiger partial charge on any atom is 0.243 e. The number of nitrogens with zero attached hydrogens (tertiary/aromatic N) is 1. The van der Waals surface area contributed by atoms with Crippen molar-refractivity contribution in [3.63, 3.8) is 0 Å². The van der Waals surface area contributed by atoms with Crippen molar-refractivity contribution >= 4 is 21.6 Å². The van der Waals surface area contributed by atoms with Crippen molar-refractivity contribution in [3.05, 3.63) is 24.3 Å². The van der Waals surface area contributed by atoms with Crippen LogP contribution in [0.2, 0.25) is 0 Å². The van der Waals surface area contributed by atoms with Crippen molar-refractivity contribution in [2.75, 3.05) is 18.4 Å². The highest BCUT2D eigenvalue weighted by Gasteiger charge is 2.21. The third-order valence-corrected chi connectivity index (χ3v) is 6.30. The zero-order valence-corrected chi connectivity index (χ0v) is 16.0. The van der Waals surface area contributed by atoms with Gasteiger partial charge >= 0.3 is 0 Å². The van der Waals surface area contributed by atoms with Gasteiger partial charge in [0.25, 0.3) is 0 Å². The van der Waals surface area contributed by atoms with Gasteiger partial charge < -0.3 is 5.32 Å². The van der Waals surface area contributed by atoms with Crippen LogP contribution in [-0.4, -0.2) is 31.7 Å². The van der Waals surface area contributed by atoms with Gasteiger partial charge in [0.2, 0.25) is 15.9 Å². The summed E-state index contributed by atoms with van der Waals surface area (Å²) in [4.78, 5) is 12.5. The van der Waals surface area contributed by atoms with E-state index in [0.29, 0.717) is 18.8 Å². The molecule has 24 heavy (non-hydrogen) atoms. The summed E-state index contributed by atoms with van der Waals surface area (Å²) in [5.74, 6) is 0.00864. The van der Waals surface area contributed by atoms with Crippen molar-refractivity contribution in [1.29, 1.82) is 0 Å². The highest BCUT2D eigenvalue weighted by molar-refractivity contribution is 7.89. The van der Waals surface area contributed by atoms with Gasteiger partial charge in [-0.3, -0.25) is 4.79 Å². The largest absolute Gasteiger partial charge is 0.326 e. The summed E-state index contributed by atoms with van der Waals surface area (Å²) in [5.41, 5.74) is 0.633. The predicted octanol–water partition coefficient (Wildman–Crippen LogP) is 3.87. The first-order chi connectivity index (χ1) is 11.4. The molecule has 0 heterocycles. The summed E-state index contributed by atoms with van der Waals surface area (Å²) in [5, 5.41) is 2.89. The molecule has 0 bridgehead atoms. The van der Waals surface area contributed by atoms with E-state index in [9.17, 15) is 13.2 Å². The van der Waals surface area contributed by atoms with Crippen LogP contribution in [0.4, 0.5) is 5.69 Å². The Kier molecular flexibility index (Phi) is 8.42. The molecule has 0 aliphatic rings. The van der Waals surface area contributed by atoms with Crippen molar-refractivity contribution in [2.45, 2.75) is 58.3 Å². The highest BCUT2D eigenvalue weighted by atomic mass is 32.2. The molecule has 1 atom stereocenters. The van der Waals surface area contributed by atoms with Crippen LogP contribution < -0.4 is 5.32 Å². The smallest absolute Gasteiger partial charge is 0.243 e. The van der Waals surface area contributed by atoms with Crippen LogP contribution in [0.15, 0.2) is 29.2 Å². The van der Waals surface area contributed by atoms with Gasteiger partial charge in [-0.25, -0.2) is 8.42 Å². The lowest BCUT2D eigenvalue weighted by molar-refractivity contribution is -0.120. The monoisotopic (exact) mass is 354 g/mol. The average Bonchev–Trinajstić information content (AvgIpc) is 2.57. The second kappa shape index (κ2) is 9.79. The Morgan fingerprint density at radius 1 is 1.08 bits per heavy atom. The fourth-order valence-corrected chi connectivity index (χ4v) is 4.10. The molecule has 0 fully saturated rings. The molecule has 1 unspecified atom stereocenters. The molecule has 0 saturated carbocycles. The van der Waals surface area contributed by atoms with E-state index in [1.165, 1.54) is 4.31 Å². The van der Waals surface area contributed by atoms with Crippen LogP contribution in [0.1, 0.15) is 53.4 Å². The average molecular weight is 355 g/mol. The molecule has 1 amide bonds. The Bertz CT molecular complexity index is 608. The molecule has 136 valence electrons. The second-order valence-corrected chi connectivity index (χ2v) is 7.79. The van der Waals surface area contributed by atoms with Gasteiger partial charge in [0, 0.05) is 24.7 Å². The number of carbonyl (C=O) groups is 1. The topological polar surface area (TPSA) is 66.5 Å². The molecule has 5 nitrogen and oxygen atoms in total. The lowest BCUT2D eigenvalue weighted by Crippen LogP contribution is -2.30. The molecule has 0 spiro atoms. The summed E-state index contributed by atoms with van der Waals surface area (Å²) in [6.45, 7) is 8.63. The third kappa shape index (κ3) is 5.31. The quantitative estimate of drug-likeness (QED) is 0.693. The number of carbonyl (C=O) groups excluding carboxylic acids is 1. The Morgan fingerprint density at radius 2 is 1.67 bits per heavy atom. The third-order valence-electron chi connectivity index (χ3n) is 4.23. The van der Waals surface area contributed by atoms with E-state index >= 15 is 0 Å². The fourth-order valence-electron chi connectivity index (χ4n) is 2.64. The summed E-state index contributed by atoms with van der Waals surface area (Å²) < 4.78 is 26.3. The number of sulfonamides is 1. The summed E-state index contributed by atoms with van der Waals surface area (Å²) in [7, 11) is -3.46. The van der Waals surface area contributed by atoms with Crippen molar-refractivity contribution in [1.82, 2.24) is 4.31 Å². The number of amides is 1. The van der Waals surface area contributed by atoms with Crippen LogP contribution in [-0.2, 0) is 14.8 Å². The normalized spacial score (nSPS) is 13.0. The van der Waals surface area contributed by atoms with Gasteiger partial charge in [-0.1, -0.05) is 40.5 Å². The maximum absolute atomic E-state index is 12.4. The minimum Gasteiger partial charge on any atom is -0.326 e. The van der Waals surface area contributed by atoms with Gasteiger partial charge in [0.05, 0.1) is 4.90 Å². The fraction of sp³-hybridized carbons (Fsp3) is 0.611. The zero-order valence-electron chi connectivity index (χ0n) is 15.2. The Labute approximate surface area is 146 Å². The second-order valence-electron chi connectivity index (χ2n) is 5.85. The van der Waals surface area contributed by atoms with Crippen molar-refractivity contribution < 1.29 is 13.2 Å². The molecule has 6 heteroatoms. The van der Waals surface area contributed by atoms with E-state index in [-0.39, 0.29) is 16.7 Å². The van der Waals surface area contributed by atoms with Gasteiger partial charge in [-0.15, -0.1) is 0 Å². The highest BCUT2D eigenvalue weighted by Crippen LogP contribution is 2.20. The van der Waals surface area contributed by atoms with Crippen LogP contribution in [0.25, 0.3) is 0 Å². The minimum absolute atomic E-state index is 0.00373. The van der Waals surface area contributed by atoms with Crippen LogP contribution in [0.3, 0.4) is 0 Å². The Morgan fingerprint density at radius 3 is 2.12 bits per heavy atom. The zero-order chi connectivity index (χ0) is 18.2. The SMILES string of the molecule is CCCCC(CC)C(=O)Nc1ccc(S(=O)(=O)N(CC)CC)cc1. The van der Waals surface area contributed by atoms with Gasteiger partial charge in [-0.2, -0.15) is 4.31 Å². The summed E-state index contributed by atoms with van der Waals surface area (Å²) >= 11 is 0. The van der Waals surface area contributed by atoms with Crippen molar-refractivity contribution in [2.24, 2.45) is 5.92 Å². The molecular formula is C18H30N2O3S. The summed E-state index contributed by atoms with van der Waals surface area (Å²) in [6.07, 6.45) is 3.79. The molecule has 0 radical (unpaired) electrons. The van der Waals surface area contributed by atoms with Gasteiger partial charge in [0.1, 0.15) is 0 Å². The lowest BCUT2D eigenvalue weighted by Gasteiger charge is -2.19. The molecule has 1 rings (SSSR count). The first kappa shape index (κ1) is 20.6. The molecule has 0 aliphatic carbocycles. The van der Waals surface area contributed by atoms with E-state index in [0.717, 1.165) is 25.7 Å². The number of benzene rings is 1. The Hall–Kier alpha value is -1.40. The summed E-state index contributed by atoms with van der Waals surface area (Å²) in [6, 6.07) is 6.41. The van der Waals surface area contributed by atoms with Gasteiger partial charge in [-0.05, 0) is 37.1 Å². The van der Waals surface area contributed by atoms with Crippen LogP contribution in [0, 0.1) is 5.92 Å². The van der Waals surface area contributed by atoms with E-state index in [2.05, 4.69) is 12.2 Å². The van der Waals surface area contributed by atoms with E-state index in [1.54, 1.807) is 24.3 Å². The maximum atomic E-state index is 12.4. The van der Waals surface area contributed by atoms with E-state index in [1.807, 2.05) is 20.8 Å². The van der Waals surface area contributed by atoms with E-state index in [4.69, 9.17) is 0 Å². The number of anilines is 1. The predicted molar refractivity (Wildman–Crippen MR) is 98.5 cm³/mol. The van der Waals surface area contributed by atoms with E-state index < -0.39 is 10.0 Å². The number of unbranched alkanes of at least 4 members (excludes halogenated alkanes) is 1. The first-order valence-electron chi connectivity index (χ1n) is 8.81. The minimum atomic E-state index is -3.46. The standard InChI is InChI=1S/C18H30N2O3S/c1-5-9-10-15(6-2)18(21)19-16-11-13-17(14-12-16)24(22,23)20(7-3)8-4/h11-15H,5-10H2,1-4H3,(H,19,21). The molecule has 1 N–H and O–H groups in total. The Balaban J connectivity index is 2.82. The van der Waals surface area contributed by atoms with Crippen LogP contribution in [0.5, 0.6) is 0 Å². The number of rotatable bonds is 10. The van der Waals surface area contributed by atoms with Crippen molar-refractivity contribution in [3.8, 4) is 0 Å². The first-order valence-corrected chi connectivity index (χ1v) is 10.3. The van der Waals surface area contributed by atoms with Gasteiger partial charge in [0.15, 0.2) is 0 Å². The number of hydrogen-bond acceptors (Lipinski definition) is 3. The molecule has 0 aliphatic heterocycles. The number of nitrogens with one attached hydrogen (secondary N) is 1. The molecule has 0 saturated heterocycles. The van der Waals surface area contributed by atoms with Crippen LogP contribution >= 0.6 is 0 Å². The molecule has 1 aromatic rings.